The molecule has 3 aromatic carbocycles. The number of methoxy groups -OCH3 is 1. The van der Waals surface area contributed by atoms with Crippen molar-refractivity contribution < 1.29 is 19.4 Å². The summed E-state index contributed by atoms with van der Waals surface area (Å²) in [4.78, 5) is 11.2. The molecule has 0 spiro atoms. The molecule has 154 valence electrons. The van der Waals surface area contributed by atoms with Gasteiger partial charge in [-0.2, -0.15) is 0 Å². The van der Waals surface area contributed by atoms with Crippen LogP contribution in [0.15, 0.2) is 72.8 Å². The Hall–Kier alpha value is -2.96. The van der Waals surface area contributed by atoms with Gasteiger partial charge in [0.2, 0.25) is 0 Å². The largest absolute Gasteiger partial charge is 0.496 e. The zero-order valence-corrected chi connectivity index (χ0v) is 17.4. The first-order chi connectivity index (χ1) is 14.6. The Morgan fingerprint density at radius 2 is 1.80 bits per heavy atom. The summed E-state index contributed by atoms with van der Waals surface area (Å²) < 4.78 is 11.5. The lowest BCUT2D eigenvalue weighted by Gasteiger charge is -2.16. The summed E-state index contributed by atoms with van der Waals surface area (Å²) >= 11 is 1.59. The van der Waals surface area contributed by atoms with E-state index in [-0.39, 0.29) is 5.37 Å². The molecular weight excluding hydrogens is 398 g/mol. The Morgan fingerprint density at radius 3 is 2.47 bits per heavy atom. The van der Waals surface area contributed by atoms with E-state index in [0.717, 1.165) is 28.2 Å². The molecule has 2 atom stereocenters. The minimum Gasteiger partial charge on any atom is -0.496 e. The van der Waals surface area contributed by atoms with Crippen LogP contribution in [0.1, 0.15) is 16.5 Å². The Morgan fingerprint density at radius 1 is 1.07 bits per heavy atom. The average molecular weight is 422 g/mol. The predicted octanol–water partition coefficient (Wildman–Crippen LogP) is 4.73. The maximum absolute atomic E-state index is 11.2. The second-order valence-electron chi connectivity index (χ2n) is 7.02. The summed E-state index contributed by atoms with van der Waals surface area (Å²) in [5.74, 6) is 1.26. The van der Waals surface area contributed by atoms with Gasteiger partial charge in [-0.3, -0.25) is 10.1 Å². The topological polar surface area (TPSA) is 67.8 Å². The van der Waals surface area contributed by atoms with Crippen LogP contribution in [0.3, 0.4) is 0 Å². The highest BCUT2D eigenvalue weighted by Crippen LogP contribution is 2.35. The number of hydrogen-bond acceptors (Lipinski definition) is 5. The maximum Gasteiger partial charge on any atom is 0.321 e. The Balaban J connectivity index is 1.45. The van der Waals surface area contributed by atoms with E-state index in [1.807, 2.05) is 60.7 Å². The molecule has 2 N–H and O–H groups in total. The molecule has 1 fully saturated rings. The van der Waals surface area contributed by atoms with Crippen LogP contribution in [0, 0.1) is 0 Å². The van der Waals surface area contributed by atoms with Crippen molar-refractivity contribution in [3.05, 3.63) is 83.9 Å². The fourth-order valence-electron chi connectivity index (χ4n) is 3.42. The molecule has 0 amide bonds. The molecule has 1 aliphatic heterocycles. The normalized spacial score (nSPS) is 18.2. The van der Waals surface area contributed by atoms with Gasteiger partial charge in [-0.15, -0.1) is 11.8 Å². The van der Waals surface area contributed by atoms with Crippen LogP contribution >= 0.6 is 11.8 Å². The first-order valence-corrected chi connectivity index (χ1v) is 10.7. The number of carbonyl (C=O) groups is 1. The van der Waals surface area contributed by atoms with Gasteiger partial charge in [0.25, 0.3) is 0 Å². The summed E-state index contributed by atoms with van der Waals surface area (Å²) in [6.07, 6.45) is 0. The number of rotatable bonds is 7. The minimum absolute atomic E-state index is 0.0547. The summed E-state index contributed by atoms with van der Waals surface area (Å²) in [6, 6.07) is 23.6. The van der Waals surface area contributed by atoms with Crippen LogP contribution in [0.5, 0.6) is 11.5 Å². The number of ether oxygens (including phenoxy) is 2. The third-order valence-electron chi connectivity index (χ3n) is 5.04. The van der Waals surface area contributed by atoms with Crippen molar-refractivity contribution in [3.63, 3.8) is 0 Å². The lowest BCUT2D eigenvalue weighted by molar-refractivity contribution is -0.138. The molecule has 3 aromatic rings. The number of benzene rings is 3. The summed E-state index contributed by atoms with van der Waals surface area (Å²) in [7, 11) is 1.64. The number of carboxylic acid groups (broad SMARTS) is 1. The molecule has 0 bridgehead atoms. The van der Waals surface area contributed by atoms with Crippen LogP contribution in [0.25, 0.3) is 11.1 Å². The van der Waals surface area contributed by atoms with Crippen molar-refractivity contribution in [1.29, 1.82) is 0 Å². The van der Waals surface area contributed by atoms with E-state index in [4.69, 9.17) is 9.47 Å². The highest BCUT2D eigenvalue weighted by atomic mass is 32.2. The Kier molecular flexibility index (Phi) is 6.26. The van der Waals surface area contributed by atoms with Crippen LogP contribution in [-0.2, 0) is 11.4 Å². The molecule has 5 nitrogen and oxygen atoms in total. The fraction of sp³-hybridized carbons (Fsp3) is 0.208. The van der Waals surface area contributed by atoms with E-state index < -0.39 is 12.0 Å². The molecule has 1 saturated heterocycles. The van der Waals surface area contributed by atoms with Gasteiger partial charge >= 0.3 is 5.97 Å². The van der Waals surface area contributed by atoms with E-state index in [0.29, 0.717) is 12.4 Å². The summed E-state index contributed by atoms with van der Waals surface area (Å²) in [5, 5.41) is 12.3. The van der Waals surface area contributed by atoms with Crippen LogP contribution in [0.2, 0.25) is 0 Å². The molecule has 1 heterocycles. The maximum atomic E-state index is 11.2. The number of carboxylic acids is 1. The van der Waals surface area contributed by atoms with Gasteiger partial charge in [0, 0.05) is 11.3 Å². The van der Waals surface area contributed by atoms with Gasteiger partial charge in [-0.25, -0.2) is 0 Å². The van der Waals surface area contributed by atoms with Crippen LogP contribution < -0.4 is 14.8 Å². The van der Waals surface area contributed by atoms with E-state index in [1.165, 1.54) is 5.56 Å². The monoisotopic (exact) mass is 421 g/mol. The molecule has 0 aliphatic carbocycles. The zero-order valence-electron chi connectivity index (χ0n) is 16.6. The molecule has 6 heteroatoms. The van der Waals surface area contributed by atoms with Crippen molar-refractivity contribution in [3.8, 4) is 22.6 Å². The van der Waals surface area contributed by atoms with Gasteiger partial charge in [0.15, 0.2) is 0 Å². The van der Waals surface area contributed by atoms with Crippen molar-refractivity contribution in [2.45, 2.75) is 18.0 Å². The van der Waals surface area contributed by atoms with Gasteiger partial charge in [0.05, 0.1) is 12.5 Å². The smallest absolute Gasteiger partial charge is 0.321 e. The van der Waals surface area contributed by atoms with Crippen molar-refractivity contribution >= 4 is 17.7 Å². The SMILES string of the molecule is COc1ccc([C@@H]2N[C@H](C(=O)O)CS2)cc1COc1ccc(-c2ccccc2)cc1. The molecular formula is C24H23NO4S. The molecule has 0 radical (unpaired) electrons. The van der Waals surface area contributed by atoms with Gasteiger partial charge in [0.1, 0.15) is 24.1 Å². The standard InChI is InChI=1S/C24H23NO4S/c1-28-22-12-9-18(23-25-21(15-30-23)24(26)27)13-19(22)14-29-20-10-7-17(8-11-20)16-5-3-2-4-6-16/h2-13,21,23,25H,14-15H2,1H3,(H,26,27)/t21-,23+/m0/s1. The van der Waals surface area contributed by atoms with Crippen molar-refractivity contribution in [2.75, 3.05) is 12.9 Å². The first-order valence-electron chi connectivity index (χ1n) is 9.69. The third kappa shape index (κ3) is 4.61. The summed E-state index contributed by atoms with van der Waals surface area (Å²) in [5.41, 5.74) is 4.24. The third-order valence-corrected chi connectivity index (χ3v) is 6.31. The summed E-state index contributed by atoms with van der Waals surface area (Å²) in [6.45, 7) is 0.363. The van der Waals surface area contributed by atoms with Gasteiger partial charge in [-0.05, 0) is 41.0 Å². The molecule has 0 saturated carbocycles. The van der Waals surface area contributed by atoms with Crippen LogP contribution in [-0.4, -0.2) is 30.0 Å². The minimum atomic E-state index is -0.819. The second kappa shape index (κ2) is 9.24. The van der Waals surface area contributed by atoms with Crippen molar-refractivity contribution in [1.82, 2.24) is 5.32 Å². The number of hydrogen-bond donors (Lipinski definition) is 2. The van der Waals surface area contributed by atoms with Gasteiger partial charge in [-0.1, -0.05) is 48.5 Å². The van der Waals surface area contributed by atoms with Crippen LogP contribution in [0.4, 0.5) is 0 Å². The quantitative estimate of drug-likeness (QED) is 0.575. The zero-order chi connectivity index (χ0) is 20.9. The predicted molar refractivity (Wildman–Crippen MR) is 119 cm³/mol. The van der Waals surface area contributed by atoms with E-state index >= 15 is 0 Å². The fourth-order valence-corrected chi connectivity index (χ4v) is 4.64. The number of nitrogens with one attached hydrogen (secondary N) is 1. The molecule has 0 unspecified atom stereocenters. The average Bonchev–Trinajstić information content (AvgIpc) is 3.29. The molecule has 30 heavy (non-hydrogen) atoms. The molecule has 4 rings (SSSR count). The number of thioether (sulfide) groups is 1. The Bertz CT molecular complexity index is 1010. The lowest BCUT2D eigenvalue weighted by atomic mass is 10.1. The highest BCUT2D eigenvalue weighted by molar-refractivity contribution is 7.99. The van der Waals surface area contributed by atoms with Gasteiger partial charge < -0.3 is 14.6 Å². The van der Waals surface area contributed by atoms with E-state index in [9.17, 15) is 9.90 Å². The van der Waals surface area contributed by atoms with E-state index in [1.54, 1.807) is 18.9 Å². The van der Waals surface area contributed by atoms with Crippen molar-refractivity contribution in [2.24, 2.45) is 0 Å². The molecule has 0 aromatic heterocycles. The highest BCUT2D eigenvalue weighted by Gasteiger charge is 2.30. The van der Waals surface area contributed by atoms with E-state index in [2.05, 4.69) is 17.4 Å². The molecule has 1 aliphatic rings. The first kappa shape index (κ1) is 20.3. The lowest BCUT2D eigenvalue weighted by Crippen LogP contribution is -2.33. The number of aliphatic carboxylic acids is 1. The second-order valence-corrected chi connectivity index (χ2v) is 8.16. The Labute approximate surface area is 180 Å².